The number of carbonyl (C=O) groups is 1. The summed E-state index contributed by atoms with van der Waals surface area (Å²) in [5.74, 6) is 0.140. The molecule has 2 aromatic carbocycles. The number of nitrogens with one attached hydrogen (secondary N) is 4. The van der Waals surface area contributed by atoms with Crippen molar-refractivity contribution in [2.45, 2.75) is 19.3 Å². The third-order valence-corrected chi connectivity index (χ3v) is 7.82. The van der Waals surface area contributed by atoms with Gasteiger partial charge >= 0.3 is 0 Å². The van der Waals surface area contributed by atoms with Crippen molar-refractivity contribution in [3.63, 3.8) is 0 Å². The number of piperidine rings is 1. The van der Waals surface area contributed by atoms with Crippen molar-refractivity contribution in [1.29, 1.82) is 0 Å². The zero-order chi connectivity index (χ0) is 27.8. The lowest BCUT2D eigenvalue weighted by atomic mass is 9.94. The molecule has 1 saturated heterocycles. The molecule has 4 aromatic heterocycles. The van der Waals surface area contributed by atoms with Crippen LogP contribution in [0.4, 0.5) is 10.1 Å². The Morgan fingerprint density at radius 1 is 0.878 bits per heavy atom. The van der Waals surface area contributed by atoms with E-state index >= 15 is 0 Å². The summed E-state index contributed by atoms with van der Waals surface area (Å²) >= 11 is 0. The molecule has 4 N–H and O–H groups in total. The van der Waals surface area contributed by atoms with E-state index in [0.29, 0.717) is 29.2 Å². The molecule has 1 aliphatic heterocycles. The Morgan fingerprint density at radius 2 is 1.73 bits per heavy atom. The molecular weight excluding hydrogens is 517 g/mol. The van der Waals surface area contributed by atoms with Crippen molar-refractivity contribution < 1.29 is 9.18 Å². The van der Waals surface area contributed by atoms with Gasteiger partial charge in [0.2, 0.25) is 5.91 Å². The van der Waals surface area contributed by atoms with E-state index < -0.39 is 0 Å². The van der Waals surface area contributed by atoms with Gasteiger partial charge in [-0.2, -0.15) is 5.10 Å². The molecule has 0 radical (unpaired) electrons. The van der Waals surface area contributed by atoms with Crippen LogP contribution in [-0.4, -0.2) is 44.1 Å². The summed E-state index contributed by atoms with van der Waals surface area (Å²) < 4.78 is 14.6. The molecular formula is C32H28FN7O. The van der Waals surface area contributed by atoms with E-state index in [-0.39, 0.29) is 11.7 Å². The van der Waals surface area contributed by atoms with E-state index in [1.165, 1.54) is 6.07 Å². The lowest BCUT2D eigenvalue weighted by molar-refractivity contribution is -0.117. The monoisotopic (exact) mass is 545 g/mol. The third-order valence-electron chi connectivity index (χ3n) is 7.82. The van der Waals surface area contributed by atoms with Crippen LogP contribution in [0, 0.1) is 11.7 Å². The molecule has 0 aliphatic carbocycles. The van der Waals surface area contributed by atoms with Crippen LogP contribution in [0.5, 0.6) is 0 Å². The number of anilines is 1. The summed E-state index contributed by atoms with van der Waals surface area (Å²) in [5.41, 5.74) is 6.96. The normalized spacial score (nSPS) is 14.1. The van der Waals surface area contributed by atoms with E-state index in [1.54, 1.807) is 36.9 Å². The van der Waals surface area contributed by atoms with Crippen molar-refractivity contribution >= 4 is 33.4 Å². The molecule has 6 aromatic rings. The maximum atomic E-state index is 14.6. The molecule has 41 heavy (non-hydrogen) atoms. The first-order valence-corrected chi connectivity index (χ1v) is 13.8. The summed E-state index contributed by atoms with van der Waals surface area (Å²) in [6.45, 7) is 1.94. The SMILES string of the molecule is O=C(CC1CCNCC1)Nc1cncc(-c2ccc3[nH]nc(-c4cc5c(-c6ccccc6F)cncc5[nH]4)c3c2)c1. The summed E-state index contributed by atoms with van der Waals surface area (Å²) in [6, 6.07) is 16.7. The maximum absolute atomic E-state index is 14.6. The number of fused-ring (bicyclic) bond motifs is 2. The highest BCUT2D eigenvalue weighted by Crippen LogP contribution is 2.35. The van der Waals surface area contributed by atoms with Gasteiger partial charge in [-0.1, -0.05) is 24.3 Å². The summed E-state index contributed by atoms with van der Waals surface area (Å²) in [5, 5.41) is 15.9. The first-order chi connectivity index (χ1) is 20.1. The molecule has 1 aliphatic rings. The Bertz CT molecular complexity index is 1890. The van der Waals surface area contributed by atoms with Gasteiger partial charge in [-0.05, 0) is 67.7 Å². The maximum Gasteiger partial charge on any atom is 0.224 e. The minimum atomic E-state index is -0.294. The van der Waals surface area contributed by atoms with Crippen LogP contribution in [0.25, 0.3) is 55.4 Å². The minimum Gasteiger partial charge on any atom is -0.352 e. The van der Waals surface area contributed by atoms with Crippen molar-refractivity contribution in [1.82, 2.24) is 30.5 Å². The number of benzene rings is 2. The van der Waals surface area contributed by atoms with E-state index in [0.717, 1.165) is 70.3 Å². The summed E-state index contributed by atoms with van der Waals surface area (Å²) in [6.07, 6.45) is 9.46. The van der Waals surface area contributed by atoms with Gasteiger partial charge in [-0.25, -0.2) is 4.39 Å². The van der Waals surface area contributed by atoms with Gasteiger partial charge in [-0.15, -0.1) is 0 Å². The molecule has 0 spiro atoms. The number of amides is 1. The van der Waals surface area contributed by atoms with Gasteiger partial charge in [0.1, 0.15) is 11.5 Å². The molecule has 8 nitrogen and oxygen atoms in total. The van der Waals surface area contributed by atoms with E-state index in [2.05, 4.69) is 41.8 Å². The highest BCUT2D eigenvalue weighted by molar-refractivity contribution is 6.01. The van der Waals surface area contributed by atoms with Crippen LogP contribution >= 0.6 is 0 Å². The number of aromatic amines is 2. The molecule has 7 rings (SSSR count). The van der Waals surface area contributed by atoms with Gasteiger partial charge in [0.05, 0.1) is 34.8 Å². The van der Waals surface area contributed by atoms with Crippen molar-refractivity contribution in [2.75, 3.05) is 18.4 Å². The van der Waals surface area contributed by atoms with Crippen molar-refractivity contribution in [3.05, 3.63) is 85.2 Å². The standard InChI is InChI=1S/C32H28FN7O/c33-27-4-2-1-3-23(27)26-17-36-18-30-24(26)14-29(38-30)32-25-13-20(5-6-28(25)39-40-32)21-12-22(16-35-15-21)37-31(41)11-19-7-9-34-10-8-19/h1-6,12-19,34,38H,7-11H2,(H,37,41)(H,39,40). The smallest absolute Gasteiger partial charge is 0.224 e. The van der Waals surface area contributed by atoms with Crippen LogP contribution in [0.15, 0.2) is 79.4 Å². The number of hydrogen-bond donors (Lipinski definition) is 4. The first kappa shape index (κ1) is 25.1. The topological polar surface area (TPSA) is 111 Å². The Hall–Kier alpha value is -4.89. The molecule has 0 saturated carbocycles. The Morgan fingerprint density at radius 3 is 2.61 bits per heavy atom. The van der Waals surface area contributed by atoms with Gasteiger partial charge in [0, 0.05) is 46.3 Å². The van der Waals surface area contributed by atoms with Gasteiger partial charge < -0.3 is 15.6 Å². The lowest BCUT2D eigenvalue weighted by Crippen LogP contribution is -2.30. The minimum absolute atomic E-state index is 0.0199. The number of rotatable bonds is 6. The van der Waals surface area contributed by atoms with E-state index in [9.17, 15) is 9.18 Å². The number of H-pyrrole nitrogens is 2. The van der Waals surface area contributed by atoms with Crippen LogP contribution < -0.4 is 10.6 Å². The number of carbonyl (C=O) groups excluding carboxylic acids is 1. The average Bonchev–Trinajstić information content (AvgIpc) is 3.62. The number of halogens is 1. The molecule has 1 fully saturated rings. The van der Waals surface area contributed by atoms with Crippen molar-refractivity contribution in [3.8, 4) is 33.6 Å². The predicted molar refractivity (Wildman–Crippen MR) is 159 cm³/mol. The number of aromatic nitrogens is 5. The zero-order valence-corrected chi connectivity index (χ0v) is 22.2. The van der Waals surface area contributed by atoms with Crippen molar-refractivity contribution in [2.24, 2.45) is 5.92 Å². The second-order valence-electron chi connectivity index (χ2n) is 10.6. The first-order valence-electron chi connectivity index (χ1n) is 13.8. The molecule has 0 atom stereocenters. The van der Waals surface area contributed by atoms with E-state index in [4.69, 9.17) is 0 Å². The quantitative estimate of drug-likeness (QED) is 0.196. The molecule has 0 bridgehead atoms. The molecule has 1 amide bonds. The second-order valence-corrected chi connectivity index (χ2v) is 10.6. The average molecular weight is 546 g/mol. The fraction of sp³-hybridized carbons (Fsp3) is 0.188. The number of nitrogens with zero attached hydrogens (tertiary/aromatic N) is 3. The van der Waals surface area contributed by atoms with Gasteiger partial charge in [0.15, 0.2) is 0 Å². The summed E-state index contributed by atoms with van der Waals surface area (Å²) in [7, 11) is 0. The summed E-state index contributed by atoms with van der Waals surface area (Å²) in [4.78, 5) is 24.8. The molecule has 5 heterocycles. The Labute approximate surface area is 235 Å². The van der Waals surface area contributed by atoms with Crippen LogP contribution in [0.3, 0.4) is 0 Å². The number of pyridine rings is 2. The zero-order valence-electron chi connectivity index (χ0n) is 22.2. The van der Waals surface area contributed by atoms with Gasteiger partial charge in [0.25, 0.3) is 0 Å². The fourth-order valence-corrected chi connectivity index (χ4v) is 5.70. The third kappa shape index (κ3) is 4.96. The Balaban J connectivity index is 1.20. The highest BCUT2D eigenvalue weighted by Gasteiger charge is 2.18. The van der Waals surface area contributed by atoms with Crippen LogP contribution in [0.1, 0.15) is 19.3 Å². The molecule has 9 heteroatoms. The molecule has 204 valence electrons. The largest absolute Gasteiger partial charge is 0.352 e. The lowest BCUT2D eigenvalue weighted by Gasteiger charge is -2.21. The van der Waals surface area contributed by atoms with Gasteiger partial charge in [-0.3, -0.25) is 19.9 Å². The predicted octanol–water partition coefficient (Wildman–Crippen LogP) is 6.30. The fourth-order valence-electron chi connectivity index (χ4n) is 5.70. The van der Waals surface area contributed by atoms with Crippen LogP contribution in [-0.2, 0) is 4.79 Å². The van der Waals surface area contributed by atoms with Crippen LogP contribution in [0.2, 0.25) is 0 Å². The molecule has 0 unspecified atom stereocenters. The number of hydrogen-bond acceptors (Lipinski definition) is 5. The second kappa shape index (κ2) is 10.6. The van der Waals surface area contributed by atoms with E-state index in [1.807, 2.05) is 30.3 Å². The Kier molecular flexibility index (Phi) is 6.48. The highest BCUT2D eigenvalue weighted by atomic mass is 19.1.